The summed E-state index contributed by atoms with van der Waals surface area (Å²) < 4.78 is 14.8. The van der Waals surface area contributed by atoms with Gasteiger partial charge in [0.1, 0.15) is 22.9 Å². The van der Waals surface area contributed by atoms with E-state index in [0.29, 0.717) is 4.70 Å². The number of fused-ring (bicyclic) bond motifs is 1. The van der Waals surface area contributed by atoms with E-state index in [9.17, 15) is 14.0 Å². The molecule has 1 N–H and O–H groups in total. The predicted molar refractivity (Wildman–Crippen MR) is 108 cm³/mol. The van der Waals surface area contributed by atoms with E-state index in [1.165, 1.54) is 24.3 Å². The Hall–Kier alpha value is -2.61. The normalized spacial score (nSPS) is 12.3. The number of amides is 1. The lowest BCUT2D eigenvalue weighted by molar-refractivity contribution is -0.121. The highest BCUT2D eigenvalue weighted by Gasteiger charge is 2.17. The monoisotopic (exact) mass is 390 g/mol. The fraction of sp³-hybridized carbons (Fsp3) is 0.368. The molecule has 2 rings (SSSR count). The average molecular weight is 390 g/mol. The maximum Gasteiger partial charge on any atom is 0.285 e. The zero-order valence-electron chi connectivity index (χ0n) is 15.9. The van der Waals surface area contributed by atoms with Crippen LogP contribution in [-0.2, 0) is 17.8 Å². The Labute approximate surface area is 161 Å². The Balaban J connectivity index is 2.29. The van der Waals surface area contributed by atoms with Crippen LogP contribution in [0.4, 0.5) is 4.39 Å². The molecule has 0 unspecified atom stereocenters. The van der Waals surface area contributed by atoms with Gasteiger partial charge in [-0.3, -0.25) is 9.59 Å². The van der Waals surface area contributed by atoms with E-state index < -0.39 is 11.7 Å². The Morgan fingerprint density at radius 1 is 1.52 bits per heavy atom. The van der Waals surface area contributed by atoms with Gasteiger partial charge in [0.15, 0.2) is 0 Å². The van der Waals surface area contributed by atoms with Crippen LogP contribution in [0.2, 0.25) is 0 Å². The summed E-state index contributed by atoms with van der Waals surface area (Å²) in [7, 11) is 0. The minimum atomic E-state index is -0.542. The summed E-state index contributed by atoms with van der Waals surface area (Å²) >= 11 is 1.43. The van der Waals surface area contributed by atoms with Gasteiger partial charge in [0, 0.05) is 10.3 Å². The lowest BCUT2D eigenvalue weighted by atomic mass is 10.1. The quantitative estimate of drug-likeness (QED) is 0.733. The van der Waals surface area contributed by atoms with E-state index >= 15 is 0 Å². The van der Waals surface area contributed by atoms with Crippen LogP contribution in [-0.4, -0.2) is 21.9 Å². The van der Waals surface area contributed by atoms with Crippen molar-refractivity contribution in [3.63, 3.8) is 0 Å². The molecule has 0 radical (unpaired) electrons. The summed E-state index contributed by atoms with van der Waals surface area (Å²) in [6, 6.07) is 2.00. The first-order valence-electron chi connectivity index (χ1n) is 8.64. The molecule has 0 saturated heterocycles. The Morgan fingerprint density at radius 3 is 2.81 bits per heavy atom. The summed E-state index contributed by atoms with van der Waals surface area (Å²) in [6.45, 7) is 10.8. The van der Waals surface area contributed by atoms with E-state index in [1.807, 2.05) is 26.8 Å². The van der Waals surface area contributed by atoms with Gasteiger partial charge < -0.3 is 5.32 Å². The molecule has 0 aromatic carbocycles. The van der Waals surface area contributed by atoms with E-state index in [-0.39, 0.29) is 23.8 Å². The fourth-order valence-corrected chi connectivity index (χ4v) is 3.48. The van der Waals surface area contributed by atoms with Crippen molar-refractivity contribution in [2.75, 3.05) is 0 Å². The van der Waals surface area contributed by atoms with E-state index in [2.05, 4.69) is 22.0 Å². The van der Waals surface area contributed by atoms with E-state index in [1.54, 1.807) is 0 Å². The van der Waals surface area contributed by atoms with Crippen LogP contribution in [0, 0.1) is 0 Å². The first-order chi connectivity index (χ1) is 12.8. The van der Waals surface area contributed by atoms with Gasteiger partial charge in [-0.15, -0.1) is 11.3 Å². The summed E-state index contributed by atoms with van der Waals surface area (Å²) in [5, 5.41) is 7.67. The van der Waals surface area contributed by atoms with Gasteiger partial charge in [-0.05, 0) is 25.3 Å². The van der Waals surface area contributed by atoms with E-state index in [4.69, 9.17) is 0 Å². The molecule has 0 fully saturated rings. The number of hydrogen-bond donors (Lipinski definition) is 1. The molecule has 144 valence electrons. The van der Waals surface area contributed by atoms with Crippen molar-refractivity contribution in [3.8, 4) is 0 Å². The van der Waals surface area contributed by atoms with Gasteiger partial charge in [-0.25, -0.2) is 14.1 Å². The average Bonchev–Trinajstić information content (AvgIpc) is 3.06. The number of thiophene rings is 1. The number of rotatable bonds is 7. The number of halogens is 1. The van der Waals surface area contributed by atoms with Gasteiger partial charge >= 0.3 is 0 Å². The molecule has 1 amide bonds. The number of carbonyl (C=O) groups is 1. The molecule has 0 atom stereocenters. The van der Waals surface area contributed by atoms with Crippen LogP contribution >= 0.6 is 11.3 Å². The number of nitrogens with zero attached hydrogens (tertiary/aromatic N) is 3. The molecule has 0 aliphatic rings. The lowest BCUT2D eigenvalue weighted by Gasteiger charge is -2.11. The minimum Gasteiger partial charge on any atom is -0.310 e. The van der Waals surface area contributed by atoms with Crippen LogP contribution in [0.3, 0.4) is 0 Å². The van der Waals surface area contributed by atoms with Gasteiger partial charge in [0.2, 0.25) is 5.91 Å². The molecule has 2 heterocycles. The SMILES string of the molecule is C=C(N=C/C(F)=C\C)NC(=O)Cn1nc(C(C)C)c2cc(CC)sc2c1=O. The van der Waals surface area contributed by atoms with Crippen LogP contribution < -0.4 is 10.9 Å². The third kappa shape index (κ3) is 4.97. The number of aryl methyl sites for hydroxylation is 1. The zero-order chi connectivity index (χ0) is 20.1. The molecule has 27 heavy (non-hydrogen) atoms. The molecule has 0 bridgehead atoms. The largest absolute Gasteiger partial charge is 0.310 e. The summed E-state index contributed by atoms with van der Waals surface area (Å²) in [5.41, 5.74) is 0.476. The van der Waals surface area contributed by atoms with E-state index in [0.717, 1.165) is 33.3 Å². The second-order valence-electron chi connectivity index (χ2n) is 6.24. The number of aromatic nitrogens is 2. The van der Waals surface area contributed by atoms with Gasteiger partial charge in [0.05, 0.1) is 11.9 Å². The minimum absolute atomic E-state index is 0.0143. The highest BCUT2D eigenvalue weighted by atomic mass is 32.1. The molecule has 6 nitrogen and oxygen atoms in total. The molecule has 0 saturated carbocycles. The van der Waals surface area contributed by atoms with Gasteiger partial charge in [-0.2, -0.15) is 5.10 Å². The van der Waals surface area contributed by atoms with Crippen molar-refractivity contribution in [2.45, 2.75) is 46.6 Å². The second kappa shape index (κ2) is 8.85. The number of allylic oxidation sites excluding steroid dienone is 2. The molecule has 2 aromatic rings. The van der Waals surface area contributed by atoms with Crippen LogP contribution in [0.1, 0.15) is 44.2 Å². The van der Waals surface area contributed by atoms with Crippen LogP contribution in [0.25, 0.3) is 10.1 Å². The van der Waals surface area contributed by atoms with Crippen molar-refractivity contribution in [3.05, 3.63) is 51.3 Å². The topological polar surface area (TPSA) is 76.3 Å². The highest BCUT2D eigenvalue weighted by Crippen LogP contribution is 2.28. The highest BCUT2D eigenvalue weighted by molar-refractivity contribution is 7.19. The maximum atomic E-state index is 13.0. The maximum absolute atomic E-state index is 13.0. The molecule has 0 aliphatic carbocycles. The molecule has 2 aromatic heterocycles. The van der Waals surface area contributed by atoms with Gasteiger partial charge in [0.25, 0.3) is 5.56 Å². The Bertz CT molecular complexity index is 985. The smallest absolute Gasteiger partial charge is 0.285 e. The van der Waals surface area contributed by atoms with Crippen molar-refractivity contribution in [2.24, 2.45) is 4.99 Å². The number of aliphatic imine (C=N–C) groups is 1. The molecular weight excluding hydrogens is 367 g/mol. The first-order valence-corrected chi connectivity index (χ1v) is 9.46. The first kappa shape index (κ1) is 20.7. The molecular formula is C19H23FN4O2S. The van der Waals surface area contributed by atoms with Crippen molar-refractivity contribution >= 4 is 33.5 Å². The van der Waals surface area contributed by atoms with Crippen molar-refractivity contribution < 1.29 is 9.18 Å². The zero-order valence-corrected chi connectivity index (χ0v) is 16.7. The Kier molecular flexibility index (Phi) is 6.79. The number of hydrogen-bond acceptors (Lipinski definition) is 5. The third-order valence-corrected chi connectivity index (χ3v) is 5.08. The van der Waals surface area contributed by atoms with Gasteiger partial charge in [-0.1, -0.05) is 33.4 Å². The number of carbonyl (C=O) groups excluding carboxylic acids is 1. The summed E-state index contributed by atoms with van der Waals surface area (Å²) in [6.07, 6.45) is 3.02. The summed E-state index contributed by atoms with van der Waals surface area (Å²) in [5.74, 6) is -0.960. The molecule has 0 spiro atoms. The van der Waals surface area contributed by atoms with Crippen molar-refractivity contribution in [1.29, 1.82) is 0 Å². The lowest BCUT2D eigenvalue weighted by Crippen LogP contribution is -2.33. The third-order valence-electron chi connectivity index (χ3n) is 3.81. The predicted octanol–water partition coefficient (Wildman–Crippen LogP) is 3.68. The molecule has 8 heteroatoms. The van der Waals surface area contributed by atoms with Crippen LogP contribution in [0.5, 0.6) is 0 Å². The second-order valence-corrected chi connectivity index (χ2v) is 7.38. The number of nitrogens with one attached hydrogen (secondary N) is 1. The fourth-order valence-electron chi connectivity index (χ4n) is 2.43. The Morgan fingerprint density at radius 2 is 2.22 bits per heavy atom. The molecule has 0 aliphatic heterocycles. The summed E-state index contributed by atoms with van der Waals surface area (Å²) in [4.78, 5) is 29.8. The van der Waals surface area contributed by atoms with Crippen LogP contribution in [0.15, 0.2) is 40.2 Å². The standard InChI is InChI=1S/C19H23FN4O2S/c1-6-13(20)9-21-12(5)22-16(25)10-24-19(26)18-15(8-14(7-2)27-18)17(23-24)11(3)4/h6,8-9,11H,5,7,10H2,1-4H3,(H,22,25)/b13-6+,21-9?. The van der Waals surface area contributed by atoms with Crippen molar-refractivity contribution in [1.82, 2.24) is 15.1 Å².